The molecule has 0 amide bonds. The fraction of sp³-hybridized carbons (Fsp3) is 0.533. The Morgan fingerprint density at radius 2 is 1.82 bits per heavy atom. The van der Waals surface area contributed by atoms with Gasteiger partial charge in [-0.15, -0.1) is 0 Å². The zero-order valence-corrected chi connectivity index (χ0v) is 11.3. The predicted molar refractivity (Wildman–Crippen MR) is 71.5 cm³/mol. The molecule has 0 bridgehead atoms. The highest BCUT2D eigenvalue weighted by molar-refractivity contribution is 5.20. The quantitative estimate of drug-likeness (QED) is 0.790. The molecule has 0 aliphatic heterocycles. The highest BCUT2D eigenvalue weighted by Gasteiger charge is 2.21. The van der Waals surface area contributed by atoms with Crippen molar-refractivity contribution in [2.24, 2.45) is 5.41 Å². The van der Waals surface area contributed by atoms with Crippen LogP contribution in [0, 0.1) is 16.7 Å². The van der Waals surface area contributed by atoms with Crippen molar-refractivity contribution in [2.75, 3.05) is 13.6 Å². The van der Waals surface area contributed by atoms with Gasteiger partial charge in [0.15, 0.2) is 0 Å². The van der Waals surface area contributed by atoms with Crippen LogP contribution in [0.1, 0.15) is 38.8 Å². The summed E-state index contributed by atoms with van der Waals surface area (Å²) in [6.07, 6.45) is 0.538. The number of nitriles is 1. The molecule has 0 N–H and O–H groups in total. The van der Waals surface area contributed by atoms with Crippen LogP contribution < -0.4 is 0 Å². The van der Waals surface area contributed by atoms with Crippen molar-refractivity contribution < 1.29 is 0 Å². The van der Waals surface area contributed by atoms with Gasteiger partial charge in [0.1, 0.15) is 0 Å². The summed E-state index contributed by atoms with van der Waals surface area (Å²) in [6, 6.07) is 12.8. The summed E-state index contributed by atoms with van der Waals surface area (Å²) < 4.78 is 0. The van der Waals surface area contributed by atoms with Gasteiger partial charge in [0.2, 0.25) is 0 Å². The van der Waals surface area contributed by atoms with Crippen molar-refractivity contribution in [3.8, 4) is 6.07 Å². The molecule has 1 unspecified atom stereocenters. The van der Waals surface area contributed by atoms with Crippen molar-refractivity contribution in [1.82, 2.24) is 4.90 Å². The van der Waals surface area contributed by atoms with E-state index in [2.05, 4.69) is 50.9 Å². The molecule has 1 aromatic carbocycles. The maximum Gasteiger partial charge on any atom is 0.0641 e. The minimum absolute atomic E-state index is 0.195. The Bertz CT molecular complexity index is 370. The molecule has 1 atom stereocenters. The molecule has 17 heavy (non-hydrogen) atoms. The molecule has 0 saturated heterocycles. The normalized spacial score (nSPS) is 13.4. The van der Waals surface area contributed by atoms with Gasteiger partial charge in [-0.05, 0) is 18.0 Å². The second kappa shape index (κ2) is 5.84. The molecule has 2 heteroatoms. The number of hydrogen-bond donors (Lipinski definition) is 0. The van der Waals surface area contributed by atoms with Gasteiger partial charge in [0, 0.05) is 12.6 Å². The van der Waals surface area contributed by atoms with Crippen LogP contribution in [0.3, 0.4) is 0 Å². The minimum atomic E-state index is 0.195. The average Bonchev–Trinajstić information content (AvgIpc) is 2.24. The lowest BCUT2D eigenvalue weighted by atomic mass is 9.94. The zero-order chi connectivity index (χ0) is 12.9. The number of benzene rings is 1. The van der Waals surface area contributed by atoms with Gasteiger partial charge < -0.3 is 0 Å². The third-order valence-electron chi connectivity index (χ3n) is 2.72. The number of hydrogen-bond acceptors (Lipinski definition) is 2. The summed E-state index contributed by atoms with van der Waals surface area (Å²) in [7, 11) is 2.10. The first kappa shape index (κ1) is 13.7. The second-order valence-electron chi connectivity index (χ2n) is 5.76. The highest BCUT2D eigenvalue weighted by atomic mass is 15.1. The fourth-order valence-corrected chi connectivity index (χ4v) is 2.15. The van der Waals surface area contributed by atoms with Gasteiger partial charge in [0.05, 0.1) is 12.5 Å². The smallest absolute Gasteiger partial charge is 0.0641 e. The molecular weight excluding hydrogens is 208 g/mol. The van der Waals surface area contributed by atoms with Crippen LogP contribution in [0.4, 0.5) is 0 Å². The lowest BCUT2D eigenvalue weighted by molar-refractivity contribution is 0.174. The Morgan fingerprint density at radius 1 is 1.24 bits per heavy atom. The van der Waals surface area contributed by atoms with Crippen LogP contribution in [0.25, 0.3) is 0 Å². The number of rotatable bonds is 4. The lowest BCUT2D eigenvalue weighted by Crippen LogP contribution is -2.32. The van der Waals surface area contributed by atoms with Crippen LogP contribution in [0.5, 0.6) is 0 Å². The van der Waals surface area contributed by atoms with Crippen molar-refractivity contribution in [3.63, 3.8) is 0 Å². The summed E-state index contributed by atoms with van der Waals surface area (Å²) in [5.41, 5.74) is 1.47. The molecule has 2 nitrogen and oxygen atoms in total. The van der Waals surface area contributed by atoms with E-state index in [1.807, 2.05) is 18.2 Å². The Hall–Kier alpha value is -1.33. The van der Waals surface area contributed by atoms with E-state index in [1.165, 1.54) is 5.56 Å². The number of nitrogens with zero attached hydrogens (tertiary/aromatic N) is 2. The molecule has 0 aromatic heterocycles. The minimum Gasteiger partial charge on any atom is -0.298 e. The standard InChI is InChI=1S/C15H22N2/c1-15(2,3)12-17(4)14(10-11-16)13-8-6-5-7-9-13/h5-9,14H,10,12H2,1-4H3. The molecule has 0 saturated carbocycles. The Morgan fingerprint density at radius 3 is 2.29 bits per heavy atom. The van der Waals surface area contributed by atoms with Gasteiger partial charge in [-0.25, -0.2) is 0 Å². The van der Waals surface area contributed by atoms with E-state index in [-0.39, 0.29) is 11.5 Å². The van der Waals surface area contributed by atoms with E-state index in [0.29, 0.717) is 6.42 Å². The van der Waals surface area contributed by atoms with Crippen LogP contribution in [0.2, 0.25) is 0 Å². The first-order valence-electron chi connectivity index (χ1n) is 6.06. The summed E-state index contributed by atoms with van der Waals surface area (Å²) in [5.74, 6) is 0. The van der Waals surface area contributed by atoms with Gasteiger partial charge in [-0.1, -0.05) is 51.1 Å². The van der Waals surface area contributed by atoms with E-state index < -0.39 is 0 Å². The predicted octanol–water partition coefficient (Wildman–Crippen LogP) is 3.62. The van der Waals surface area contributed by atoms with Gasteiger partial charge in [-0.2, -0.15) is 5.26 Å². The molecule has 0 spiro atoms. The lowest BCUT2D eigenvalue weighted by Gasteiger charge is -2.32. The van der Waals surface area contributed by atoms with Crippen LogP contribution in [-0.2, 0) is 0 Å². The van der Waals surface area contributed by atoms with Crippen molar-refractivity contribution in [1.29, 1.82) is 5.26 Å². The van der Waals surface area contributed by atoms with Crippen LogP contribution >= 0.6 is 0 Å². The first-order chi connectivity index (χ1) is 7.94. The zero-order valence-electron chi connectivity index (χ0n) is 11.3. The molecule has 0 heterocycles. The molecule has 0 aliphatic carbocycles. The molecule has 92 valence electrons. The fourth-order valence-electron chi connectivity index (χ4n) is 2.15. The van der Waals surface area contributed by atoms with Gasteiger partial charge in [0.25, 0.3) is 0 Å². The second-order valence-corrected chi connectivity index (χ2v) is 5.76. The van der Waals surface area contributed by atoms with E-state index in [0.717, 1.165) is 6.54 Å². The van der Waals surface area contributed by atoms with E-state index in [9.17, 15) is 0 Å². The maximum absolute atomic E-state index is 8.97. The SMILES string of the molecule is CN(CC(C)(C)C)C(CC#N)c1ccccc1. The summed E-state index contributed by atoms with van der Waals surface area (Å²) in [5, 5.41) is 8.97. The first-order valence-corrected chi connectivity index (χ1v) is 6.06. The highest BCUT2D eigenvalue weighted by Crippen LogP contribution is 2.26. The van der Waals surface area contributed by atoms with Gasteiger partial charge in [-0.3, -0.25) is 4.90 Å². The summed E-state index contributed by atoms with van der Waals surface area (Å²) >= 11 is 0. The van der Waals surface area contributed by atoms with E-state index in [4.69, 9.17) is 5.26 Å². The Labute approximate surface area is 105 Å². The summed E-state index contributed by atoms with van der Waals surface area (Å²) in [4.78, 5) is 2.28. The molecule has 0 aliphatic rings. The molecule has 1 rings (SSSR count). The van der Waals surface area contributed by atoms with Crippen LogP contribution in [0.15, 0.2) is 30.3 Å². The Balaban J connectivity index is 2.83. The third-order valence-corrected chi connectivity index (χ3v) is 2.72. The molecule has 0 radical (unpaired) electrons. The van der Waals surface area contributed by atoms with Crippen molar-refractivity contribution in [3.05, 3.63) is 35.9 Å². The van der Waals surface area contributed by atoms with E-state index in [1.54, 1.807) is 0 Å². The van der Waals surface area contributed by atoms with Crippen LogP contribution in [-0.4, -0.2) is 18.5 Å². The van der Waals surface area contributed by atoms with Crippen molar-refractivity contribution in [2.45, 2.75) is 33.2 Å². The van der Waals surface area contributed by atoms with Crippen molar-refractivity contribution >= 4 is 0 Å². The largest absolute Gasteiger partial charge is 0.298 e. The van der Waals surface area contributed by atoms with Gasteiger partial charge >= 0.3 is 0 Å². The van der Waals surface area contributed by atoms with E-state index >= 15 is 0 Å². The molecular formula is C15H22N2. The summed E-state index contributed by atoms with van der Waals surface area (Å²) in [6.45, 7) is 7.64. The Kier molecular flexibility index (Phi) is 4.72. The monoisotopic (exact) mass is 230 g/mol. The average molecular weight is 230 g/mol. The molecule has 1 aromatic rings. The molecule has 0 fully saturated rings. The third kappa shape index (κ3) is 4.58. The topological polar surface area (TPSA) is 27.0 Å². The maximum atomic E-state index is 8.97.